The summed E-state index contributed by atoms with van der Waals surface area (Å²) in [4.78, 5) is 25.6. The van der Waals surface area contributed by atoms with Crippen LogP contribution in [0.1, 0.15) is 12.5 Å². The zero-order valence-electron chi connectivity index (χ0n) is 14.1. The number of benzene rings is 1. The van der Waals surface area contributed by atoms with Gasteiger partial charge in [0.15, 0.2) is 0 Å². The fourth-order valence-electron chi connectivity index (χ4n) is 2.21. The fraction of sp³-hybridized carbons (Fsp3) is 0.312. The molecule has 0 bridgehead atoms. The molecule has 2 rings (SSSR count). The Hall–Kier alpha value is -2.55. The van der Waals surface area contributed by atoms with Gasteiger partial charge < -0.3 is 10.2 Å². The Labute approximate surface area is 152 Å². The molecule has 0 spiro atoms. The summed E-state index contributed by atoms with van der Waals surface area (Å²) < 4.78 is 39.3. The van der Waals surface area contributed by atoms with Crippen molar-refractivity contribution < 1.29 is 18.0 Å². The Bertz CT molecular complexity index is 881. The highest BCUT2D eigenvalue weighted by Crippen LogP contribution is 2.30. The van der Waals surface area contributed by atoms with Crippen LogP contribution in [0.5, 0.6) is 0 Å². The monoisotopic (exact) mass is 388 g/mol. The topological polar surface area (TPSA) is 67.2 Å². The average Bonchev–Trinajstić information content (AvgIpc) is 2.57. The molecule has 0 unspecified atom stereocenters. The van der Waals surface area contributed by atoms with Crippen LogP contribution in [0.25, 0.3) is 5.69 Å². The third-order valence-electron chi connectivity index (χ3n) is 3.52. The second kappa shape index (κ2) is 7.36. The van der Waals surface area contributed by atoms with Crippen LogP contribution in [0.4, 0.5) is 18.9 Å². The lowest BCUT2D eigenvalue weighted by Crippen LogP contribution is -2.37. The van der Waals surface area contributed by atoms with Crippen molar-refractivity contribution in [2.24, 2.45) is 0 Å². The maximum atomic E-state index is 12.8. The highest BCUT2D eigenvalue weighted by Gasteiger charge is 2.30. The normalized spacial score (nSPS) is 12.6. The van der Waals surface area contributed by atoms with Gasteiger partial charge in [0.1, 0.15) is 11.1 Å². The standard InChI is InChI=1S/C16H16ClF3N4O2/c1-9(14(25)23(2)3)22-12-8-21-24(15(26)13(12)17)11-6-4-5-10(7-11)16(18,19)20/h4-9,22H,1-3H3/t9-/m0/s1. The predicted octanol–water partition coefficient (Wildman–Crippen LogP) is 2.79. The quantitative estimate of drug-likeness (QED) is 0.874. The first-order valence-corrected chi connectivity index (χ1v) is 7.83. The average molecular weight is 389 g/mol. The first-order chi connectivity index (χ1) is 12.0. The number of nitrogens with zero attached hydrogens (tertiary/aromatic N) is 3. The minimum atomic E-state index is -4.55. The molecule has 1 heterocycles. The number of amides is 1. The number of carbonyl (C=O) groups is 1. The van der Waals surface area contributed by atoms with Gasteiger partial charge in [0.25, 0.3) is 5.56 Å². The molecule has 0 aliphatic rings. The minimum absolute atomic E-state index is 0.0734. The fourth-order valence-corrected chi connectivity index (χ4v) is 2.40. The van der Waals surface area contributed by atoms with Crippen molar-refractivity contribution in [3.8, 4) is 5.69 Å². The van der Waals surface area contributed by atoms with Crippen LogP contribution < -0.4 is 10.9 Å². The summed E-state index contributed by atoms with van der Waals surface area (Å²) in [6, 6.07) is 3.50. The van der Waals surface area contributed by atoms with E-state index in [0.717, 1.165) is 16.8 Å². The van der Waals surface area contributed by atoms with E-state index in [2.05, 4.69) is 10.4 Å². The number of likely N-dealkylation sites (N-methyl/N-ethyl adjacent to an activating group) is 1. The molecule has 0 fully saturated rings. The number of carbonyl (C=O) groups excluding carboxylic acids is 1. The molecular weight excluding hydrogens is 373 g/mol. The maximum absolute atomic E-state index is 12.8. The highest BCUT2D eigenvalue weighted by molar-refractivity contribution is 6.33. The predicted molar refractivity (Wildman–Crippen MR) is 91.6 cm³/mol. The van der Waals surface area contributed by atoms with Crippen molar-refractivity contribution in [1.82, 2.24) is 14.7 Å². The van der Waals surface area contributed by atoms with Crippen molar-refractivity contribution in [3.63, 3.8) is 0 Å². The molecule has 0 aliphatic heterocycles. The molecule has 140 valence electrons. The molecule has 6 nitrogen and oxygen atoms in total. The Balaban J connectivity index is 2.39. The smallest absolute Gasteiger partial charge is 0.371 e. The molecule has 0 radical (unpaired) electrons. The van der Waals surface area contributed by atoms with Gasteiger partial charge in [-0.15, -0.1) is 0 Å². The second-order valence-electron chi connectivity index (χ2n) is 5.74. The van der Waals surface area contributed by atoms with Gasteiger partial charge in [-0.1, -0.05) is 17.7 Å². The van der Waals surface area contributed by atoms with Gasteiger partial charge in [0, 0.05) is 14.1 Å². The van der Waals surface area contributed by atoms with E-state index in [1.807, 2.05) is 0 Å². The number of nitrogens with one attached hydrogen (secondary N) is 1. The van der Waals surface area contributed by atoms with Crippen LogP contribution in [0.2, 0.25) is 5.02 Å². The van der Waals surface area contributed by atoms with Crippen molar-refractivity contribution in [2.45, 2.75) is 19.1 Å². The van der Waals surface area contributed by atoms with Crippen LogP contribution in [-0.2, 0) is 11.0 Å². The first-order valence-electron chi connectivity index (χ1n) is 7.45. The van der Waals surface area contributed by atoms with Crippen molar-refractivity contribution in [2.75, 3.05) is 19.4 Å². The maximum Gasteiger partial charge on any atom is 0.416 e. The number of hydrogen-bond acceptors (Lipinski definition) is 4. The Morgan fingerprint density at radius 3 is 2.58 bits per heavy atom. The number of alkyl halides is 3. The zero-order chi connectivity index (χ0) is 19.6. The lowest BCUT2D eigenvalue weighted by Gasteiger charge is -2.19. The second-order valence-corrected chi connectivity index (χ2v) is 6.11. The molecule has 26 heavy (non-hydrogen) atoms. The van der Waals surface area contributed by atoms with Crippen LogP contribution in [0, 0.1) is 0 Å². The van der Waals surface area contributed by atoms with Gasteiger partial charge >= 0.3 is 6.18 Å². The molecule has 0 saturated carbocycles. The summed E-state index contributed by atoms with van der Waals surface area (Å²) in [5.74, 6) is -0.247. The van der Waals surface area contributed by atoms with E-state index >= 15 is 0 Å². The molecule has 1 amide bonds. The molecule has 0 aliphatic carbocycles. The van der Waals surface area contributed by atoms with Gasteiger partial charge in [-0.3, -0.25) is 9.59 Å². The lowest BCUT2D eigenvalue weighted by atomic mass is 10.2. The van der Waals surface area contributed by atoms with Gasteiger partial charge in [-0.2, -0.15) is 23.0 Å². The van der Waals surface area contributed by atoms with E-state index in [1.165, 1.54) is 23.2 Å². The van der Waals surface area contributed by atoms with Crippen LogP contribution in [0.3, 0.4) is 0 Å². The SMILES string of the molecule is C[C@H](Nc1cnn(-c2cccc(C(F)(F)F)c2)c(=O)c1Cl)C(=O)N(C)C. The summed E-state index contributed by atoms with van der Waals surface area (Å²) in [5, 5.41) is 6.34. The third-order valence-corrected chi connectivity index (χ3v) is 3.89. The van der Waals surface area contributed by atoms with E-state index in [4.69, 9.17) is 11.6 Å². The molecule has 1 atom stereocenters. The van der Waals surface area contributed by atoms with Crippen molar-refractivity contribution >= 4 is 23.2 Å². The summed E-state index contributed by atoms with van der Waals surface area (Å²) in [6.07, 6.45) is -3.36. The van der Waals surface area contributed by atoms with E-state index in [1.54, 1.807) is 21.0 Å². The Morgan fingerprint density at radius 2 is 2.00 bits per heavy atom. The van der Waals surface area contributed by atoms with Crippen LogP contribution in [0.15, 0.2) is 35.3 Å². The Kier molecular flexibility index (Phi) is 5.60. The highest BCUT2D eigenvalue weighted by atomic mass is 35.5. The summed E-state index contributed by atoms with van der Waals surface area (Å²) in [7, 11) is 3.15. The molecule has 2 aromatic rings. The van der Waals surface area contributed by atoms with Crippen LogP contribution in [-0.4, -0.2) is 40.7 Å². The molecule has 10 heteroatoms. The van der Waals surface area contributed by atoms with E-state index in [-0.39, 0.29) is 22.3 Å². The number of rotatable bonds is 4. The molecule has 1 aromatic carbocycles. The van der Waals surface area contributed by atoms with E-state index < -0.39 is 23.3 Å². The number of hydrogen-bond donors (Lipinski definition) is 1. The number of anilines is 1. The van der Waals surface area contributed by atoms with Gasteiger partial charge in [0.05, 0.1) is 23.1 Å². The van der Waals surface area contributed by atoms with Gasteiger partial charge in [-0.25, -0.2) is 0 Å². The largest absolute Gasteiger partial charge is 0.416 e. The van der Waals surface area contributed by atoms with Crippen molar-refractivity contribution in [1.29, 1.82) is 0 Å². The number of aromatic nitrogens is 2. The molecular formula is C16H16ClF3N4O2. The first kappa shape index (κ1) is 19.8. The molecule has 1 aromatic heterocycles. The van der Waals surface area contributed by atoms with E-state index in [0.29, 0.717) is 0 Å². The third kappa shape index (κ3) is 4.16. The summed E-state index contributed by atoms with van der Waals surface area (Å²) in [5.41, 5.74) is -1.67. The minimum Gasteiger partial charge on any atom is -0.371 e. The lowest BCUT2D eigenvalue weighted by molar-refractivity contribution is -0.137. The van der Waals surface area contributed by atoms with E-state index in [9.17, 15) is 22.8 Å². The van der Waals surface area contributed by atoms with Gasteiger partial charge in [-0.05, 0) is 25.1 Å². The molecule has 1 N–H and O–H groups in total. The summed E-state index contributed by atoms with van der Waals surface area (Å²) in [6.45, 7) is 1.58. The molecule has 0 saturated heterocycles. The van der Waals surface area contributed by atoms with Gasteiger partial charge in [0.2, 0.25) is 5.91 Å². The summed E-state index contributed by atoms with van der Waals surface area (Å²) >= 11 is 6.02. The number of halogens is 4. The zero-order valence-corrected chi connectivity index (χ0v) is 14.9. The van der Waals surface area contributed by atoms with Crippen LogP contribution >= 0.6 is 11.6 Å². The Morgan fingerprint density at radius 1 is 1.35 bits per heavy atom. The van der Waals surface area contributed by atoms with Crippen molar-refractivity contribution in [3.05, 3.63) is 51.4 Å².